The Hall–Kier alpha value is -2.28. The number of aliphatic hydroxyl groups excluding tert-OH is 1. The molecule has 0 bridgehead atoms. The summed E-state index contributed by atoms with van der Waals surface area (Å²) >= 11 is 0. The summed E-state index contributed by atoms with van der Waals surface area (Å²) in [7, 11) is 4.77. The minimum absolute atomic E-state index is 0.267. The molecule has 2 N–H and O–H groups in total. The van der Waals surface area contributed by atoms with Crippen molar-refractivity contribution in [2.75, 3.05) is 34.5 Å². The van der Waals surface area contributed by atoms with Crippen molar-refractivity contribution < 1.29 is 29.2 Å². The molecule has 6 nitrogen and oxygen atoms in total. The second-order valence-electron chi connectivity index (χ2n) is 6.73. The molecular formula is C21H26O6. The molecular weight excluding hydrogens is 348 g/mol. The van der Waals surface area contributed by atoms with Crippen LogP contribution in [0, 0.1) is 5.92 Å². The van der Waals surface area contributed by atoms with Crippen LogP contribution in [0.2, 0.25) is 0 Å². The highest BCUT2D eigenvalue weighted by Gasteiger charge is 2.50. The molecule has 3 atom stereocenters. The molecule has 3 rings (SSSR count). The van der Waals surface area contributed by atoms with Gasteiger partial charge in [-0.25, -0.2) is 0 Å². The van der Waals surface area contributed by atoms with E-state index in [0.717, 1.165) is 11.1 Å². The van der Waals surface area contributed by atoms with E-state index in [1.165, 1.54) is 0 Å². The molecule has 2 aromatic carbocycles. The van der Waals surface area contributed by atoms with Crippen molar-refractivity contribution in [1.82, 2.24) is 0 Å². The molecule has 6 heteroatoms. The van der Waals surface area contributed by atoms with Crippen LogP contribution in [-0.4, -0.2) is 50.4 Å². The van der Waals surface area contributed by atoms with Crippen LogP contribution in [0.15, 0.2) is 42.5 Å². The van der Waals surface area contributed by atoms with Crippen LogP contribution in [0.1, 0.15) is 17.2 Å². The number of hydrogen-bond donors (Lipinski definition) is 2. The highest BCUT2D eigenvalue weighted by atomic mass is 16.5. The fourth-order valence-electron chi connectivity index (χ4n) is 3.64. The van der Waals surface area contributed by atoms with Crippen molar-refractivity contribution in [3.63, 3.8) is 0 Å². The average Bonchev–Trinajstić information content (AvgIpc) is 3.04. The highest BCUT2D eigenvalue weighted by molar-refractivity contribution is 5.43. The van der Waals surface area contributed by atoms with E-state index in [4.69, 9.17) is 18.9 Å². The van der Waals surface area contributed by atoms with Gasteiger partial charge in [-0.2, -0.15) is 0 Å². The maximum atomic E-state index is 11.3. The van der Waals surface area contributed by atoms with Gasteiger partial charge in [-0.05, 0) is 41.8 Å². The number of benzene rings is 2. The predicted molar refractivity (Wildman–Crippen MR) is 100 cm³/mol. The number of aliphatic hydroxyl groups is 2. The summed E-state index contributed by atoms with van der Waals surface area (Å²) in [5.74, 6) is 1.69. The summed E-state index contributed by atoms with van der Waals surface area (Å²) < 4.78 is 21.8. The molecule has 1 fully saturated rings. The standard InChI is InChI=1S/C21H26O6/c1-24-17-6-4-5-15(11-17)20-21(23,13-22)16(12-27-20)9-14-7-8-18(25-2)19(10-14)26-3/h4-8,10-11,16,20,22-23H,9,12-13H2,1-3H3/t16-,20+,21+/m0/s1. The molecule has 0 saturated carbocycles. The maximum absolute atomic E-state index is 11.3. The van der Waals surface area contributed by atoms with Crippen molar-refractivity contribution in [1.29, 1.82) is 0 Å². The van der Waals surface area contributed by atoms with Gasteiger partial charge in [0.05, 0.1) is 34.5 Å². The number of hydrogen-bond acceptors (Lipinski definition) is 6. The molecule has 0 unspecified atom stereocenters. The van der Waals surface area contributed by atoms with Gasteiger partial charge >= 0.3 is 0 Å². The third-order valence-electron chi connectivity index (χ3n) is 5.20. The van der Waals surface area contributed by atoms with Crippen molar-refractivity contribution >= 4 is 0 Å². The number of ether oxygens (including phenoxy) is 4. The average molecular weight is 374 g/mol. The second-order valence-corrected chi connectivity index (χ2v) is 6.73. The molecule has 146 valence electrons. The lowest BCUT2D eigenvalue weighted by atomic mass is 9.80. The summed E-state index contributed by atoms with van der Waals surface area (Å²) in [4.78, 5) is 0. The molecule has 1 heterocycles. The van der Waals surface area contributed by atoms with Crippen molar-refractivity contribution in [3.05, 3.63) is 53.6 Å². The minimum atomic E-state index is -1.39. The van der Waals surface area contributed by atoms with Crippen LogP contribution in [0.4, 0.5) is 0 Å². The van der Waals surface area contributed by atoms with E-state index >= 15 is 0 Å². The predicted octanol–water partition coefficient (Wildman–Crippen LogP) is 2.37. The zero-order valence-corrected chi connectivity index (χ0v) is 15.8. The number of methoxy groups -OCH3 is 3. The van der Waals surface area contributed by atoms with Gasteiger partial charge in [0.15, 0.2) is 11.5 Å². The highest BCUT2D eigenvalue weighted by Crippen LogP contribution is 2.44. The summed E-state index contributed by atoms with van der Waals surface area (Å²) in [6.45, 7) is -0.0554. The zero-order valence-electron chi connectivity index (χ0n) is 15.8. The first-order chi connectivity index (χ1) is 13.0. The van der Waals surface area contributed by atoms with Crippen LogP contribution in [0.25, 0.3) is 0 Å². The van der Waals surface area contributed by atoms with Gasteiger partial charge in [0.25, 0.3) is 0 Å². The quantitative estimate of drug-likeness (QED) is 0.775. The van der Waals surface area contributed by atoms with Crippen LogP contribution in [0.5, 0.6) is 17.2 Å². The van der Waals surface area contributed by atoms with Crippen LogP contribution in [-0.2, 0) is 11.2 Å². The molecule has 0 radical (unpaired) electrons. The summed E-state index contributed by atoms with van der Waals surface area (Å²) in [6, 6.07) is 13.0. The SMILES string of the molecule is COc1cccc([C@H]2OC[C@H](Cc3ccc(OC)c(OC)c3)[C@]2(O)CO)c1. The Morgan fingerprint density at radius 3 is 2.48 bits per heavy atom. The Bertz CT molecular complexity index is 777. The molecule has 0 amide bonds. The topological polar surface area (TPSA) is 77.4 Å². The van der Waals surface area contributed by atoms with E-state index < -0.39 is 18.3 Å². The van der Waals surface area contributed by atoms with Gasteiger partial charge in [0, 0.05) is 5.92 Å². The third-order valence-corrected chi connectivity index (χ3v) is 5.20. The molecule has 0 spiro atoms. The largest absolute Gasteiger partial charge is 0.497 e. The Labute approximate surface area is 159 Å². The second kappa shape index (κ2) is 8.17. The molecule has 0 aromatic heterocycles. The van der Waals surface area contributed by atoms with E-state index in [2.05, 4.69) is 0 Å². The van der Waals surface area contributed by atoms with Crippen molar-refractivity contribution in [2.45, 2.75) is 18.1 Å². The van der Waals surface area contributed by atoms with Gasteiger partial charge in [-0.1, -0.05) is 18.2 Å². The first-order valence-electron chi connectivity index (χ1n) is 8.85. The Morgan fingerprint density at radius 2 is 1.81 bits per heavy atom. The number of rotatable bonds is 7. The fourth-order valence-corrected chi connectivity index (χ4v) is 3.64. The lowest BCUT2D eigenvalue weighted by Gasteiger charge is -2.32. The van der Waals surface area contributed by atoms with Gasteiger partial charge in [0.2, 0.25) is 0 Å². The van der Waals surface area contributed by atoms with Crippen molar-refractivity contribution in [2.24, 2.45) is 5.92 Å². The van der Waals surface area contributed by atoms with Gasteiger partial charge < -0.3 is 29.2 Å². The smallest absolute Gasteiger partial charge is 0.160 e. The summed E-state index contributed by atoms with van der Waals surface area (Å²) in [5, 5.41) is 21.3. The minimum Gasteiger partial charge on any atom is -0.497 e. The Morgan fingerprint density at radius 1 is 1.04 bits per heavy atom. The summed E-state index contributed by atoms with van der Waals surface area (Å²) in [5.41, 5.74) is 0.361. The van der Waals surface area contributed by atoms with E-state index in [1.807, 2.05) is 42.5 Å². The van der Waals surface area contributed by atoms with Crippen LogP contribution >= 0.6 is 0 Å². The summed E-state index contributed by atoms with van der Waals surface area (Å²) in [6.07, 6.45) is -0.0829. The molecule has 27 heavy (non-hydrogen) atoms. The van der Waals surface area contributed by atoms with Crippen molar-refractivity contribution in [3.8, 4) is 17.2 Å². The Kier molecular flexibility index (Phi) is 5.89. The van der Waals surface area contributed by atoms with E-state index in [9.17, 15) is 10.2 Å². The molecule has 1 saturated heterocycles. The zero-order chi connectivity index (χ0) is 19.4. The van der Waals surface area contributed by atoms with E-state index in [1.54, 1.807) is 21.3 Å². The lowest BCUT2D eigenvalue weighted by Crippen LogP contribution is -2.43. The maximum Gasteiger partial charge on any atom is 0.160 e. The molecule has 0 aliphatic carbocycles. The first-order valence-corrected chi connectivity index (χ1v) is 8.85. The van der Waals surface area contributed by atoms with E-state index in [-0.39, 0.29) is 5.92 Å². The third kappa shape index (κ3) is 3.74. The lowest BCUT2D eigenvalue weighted by molar-refractivity contribution is -0.0882. The first kappa shape index (κ1) is 19.5. The normalized spacial score (nSPS) is 24.6. The van der Waals surface area contributed by atoms with Gasteiger partial charge in [-0.3, -0.25) is 0 Å². The van der Waals surface area contributed by atoms with Gasteiger partial charge in [-0.15, -0.1) is 0 Å². The molecule has 1 aliphatic heterocycles. The van der Waals surface area contributed by atoms with Gasteiger partial charge in [0.1, 0.15) is 17.5 Å². The molecule has 2 aromatic rings. The monoisotopic (exact) mass is 374 g/mol. The fraction of sp³-hybridized carbons (Fsp3) is 0.429. The molecule has 1 aliphatic rings. The Balaban J connectivity index is 1.84. The van der Waals surface area contributed by atoms with Crippen LogP contribution in [0.3, 0.4) is 0 Å². The van der Waals surface area contributed by atoms with Crippen LogP contribution < -0.4 is 14.2 Å². The van der Waals surface area contributed by atoms with E-state index in [0.29, 0.717) is 30.3 Å².